The zero-order valence-electron chi connectivity index (χ0n) is 11.4. The van der Waals surface area contributed by atoms with Gasteiger partial charge in [-0.25, -0.2) is 13.1 Å². The number of benzene rings is 1. The Morgan fingerprint density at radius 2 is 1.71 bits per heavy atom. The molecule has 0 saturated carbocycles. The summed E-state index contributed by atoms with van der Waals surface area (Å²) in [5, 5.41) is 9.13. The third kappa shape index (κ3) is 3.20. The Balaban J connectivity index is 2.55. The summed E-state index contributed by atoms with van der Waals surface area (Å²) in [6.07, 6.45) is 0. The maximum atomic E-state index is 12.2. The van der Waals surface area contributed by atoms with Crippen molar-refractivity contribution in [3.05, 3.63) is 38.9 Å². The molecule has 8 nitrogen and oxygen atoms in total. The van der Waals surface area contributed by atoms with Crippen LogP contribution in [0.4, 0.5) is 0 Å². The molecule has 0 radical (unpaired) electrons. The van der Waals surface area contributed by atoms with Crippen molar-refractivity contribution in [2.75, 3.05) is 6.61 Å². The van der Waals surface area contributed by atoms with Crippen molar-refractivity contribution >= 4 is 21.1 Å². The summed E-state index contributed by atoms with van der Waals surface area (Å²) in [5.74, 6) is 0. The fourth-order valence-corrected chi connectivity index (χ4v) is 3.15. The molecule has 21 heavy (non-hydrogen) atoms. The highest BCUT2D eigenvalue weighted by molar-refractivity contribution is 7.89. The molecule has 0 aliphatic carbocycles. The van der Waals surface area contributed by atoms with E-state index < -0.39 is 26.7 Å². The maximum Gasteiger partial charge on any atom is 0.314 e. The first kappa shape index (κ1) is 15.4. The fraction of sp³-hybridized carbons (Fsp3) is 0.333. The molecule has 0 amide bonds. The normalized spacial score (nSPS) is 12.7. The molecule has 2 rings (SSSR count). The predicted octanol–water partition coefficient (Wildman–Crippen LogP) is -0.734. The molecule has 1 aromatic heterocycles. The molecule has 0 bridgehead atoms. The van der Waals surface area contributed by atoms with Gasteiger partial charge >= 0.3 is 11.1 Å². The Morgan fingerprint density at radius 3 is 2.29 bits per heavy atom. The van der Waals surface area contributed by atoms with Crippen LogP contribution in [0.1, 0.15) is 13.8 Å². The maximum absolute atomic E-state index is 12.2. The van der Waals surface area contributed by atoms with Crippen LogP contribution in [-0.4, -0.2) is 35.6 Å². The number of fused-ring (bicyclic) bond motifs is 1. The lowest BCUT2D eigenvalue weighted by atomic mass is 10.1. The van der Waals surface area contributed by atoms with Crippen molar-refractivity contribution in [1.29, 1.82) is 0 Å². The lowest BCUT2D eigenvalue weighted by Gasteiger charge is -2.23. The number of aromatic amines is 2. The van der Waals surface area contributed by atoms with Gasteiger partial charge in [-0.1, -0.05) is 0 Å². The zero-order valence-corrected chi connectivity index (χ0v) is 12.2. The van der Waals surface area contributed by atoms with Gasteiger partial charge in [-0.2, -0.15) is 0 Å². The van der Waals surface area contributed by atoms with Crippen molar-refractivity contribution in [1.82, 2.24) is 14.7 Å². The molecular formula is C12H15N3O5S. The molecule has 0 atom stereocenters. The Hall–Kier alpha value is -1.97. The van der Waals surface area contributed by atoms with Gasteiger partial charge in [-0.05, 0) is 32.0 Å². The molecule has 1 heterocycles. The van der Waals surface area contributed by atoms with Gasteiger partial charge in [-0.3, -0.25) is 9.59 Å². The number of sulfonamides is 1. The van der Waals surface area contributed by atoms with Gasteiger partial charge in [0.15, 0.2) is 0 Å². The largest absolute Gasteiger partial charge is 0.394 e. The molecular weight excluding hydrogens is 298 g/mol. The molecule has 0 unspecified atom stereocenters. The lowest BCUT2D eigenvalue weighted by Crippen LogP contribution is -2.46. The van der Waals surface area contributed by atoms with Gasteiger partial charge < -0.3 is 15.1 Å². The number of aliphatic hydroxyl groups excluding tert-OH is 1. The van der Waals surface area contributed by atoms with E-state index in [-0.39, 0.29) is 17.0 Å². The molecule has 2 aromatic rings. The summed E-state index contributed by atoms with van der Waals surface area (Å²) < 4.78 is 26.8. The first-order valence-electron chi connectivity index (χ1n) is 6.06. The van der Waals surface area contributed by atoms with Gasteiger partial charge in [0, 0.05) is 0 Å². The van der Waals surface area contributed by atoms with E-state index in [2.05, 4.69) is 14.7 Å². The summed E-state index contributed by atoms with van der Waals surface area (Å²) in [4.78, 5) is 27.0. The third-order valence-electron chi connectivity index (χ3n) is 2.81. The van der Waals surface area contributed by atoms with E-state index in [0.717, 1.165) is 0 Å². The Morgan fingerprint density at radius 1 is 1.14 bits per heavy atom. The van der Waals surface area contributed by atoms with E-state index in [1.807, 2.05) is 0 Å². The van der Waals surface area contributed by atoms with Crippen molar-refractivity contribution in [3.8, 4) is 0 Å². The SMILES string of the molecule is CC(C)(CO)NS(=O)(=O)c1ccc2[nH]c(=O)c(=O)[nH]c2c1. The van der Waals surface area contributed by atoms with Crippen LogP contribution < -0.4 is 15.8 Å². The first-order valence-corrected chi connectivity index (χ1v) is 7.54. The second-order valence-electron chi connectivity index (χ2n) is 5.26. The molecule has 0 saturated heterocycles. The van der Waals surface area contributed by atoms with Gasteiger partial charge in [-0.15, -0.1) is 0 Å². The van der Waals surface area contributed by atoms with E-state index in [4.69, 9.17) is 5.11 Å². The highest BCUT2D eigenvalue weighted by atomic mass is 32.2. The monoisotopic (exact) mass is 313 g/mol. The van der Waals surface area contributed by atoms with Gasteiger partial charge in [0.05, 0.1) is 28.1 Å². The highest BCUT2D eigenvalue weighted by Crippen LogP contribution is 2.16. The number of nitrogens with one attached hydrogen (secondary N) is 3. The van der Waals surface area contributed by atoms with Crippen LogP contribution in [0.15, 0.2) is 32.7 Å². The van der Waals surface area contributed by atoms with E-state index in [1.165, 1.54) is 32.0 Å². The average Bonchev–Trinajstić information content (AvgIpc) is 2.38. The van der Waals surface area contributed by atoms with Gasteiger partial charge in [0.1, 0.15) is 0 Å². The fourth-order valence-electron chi connectivity index (χ4n) is 1.72. The number of hydrogen-bond acceptors (Lipinski definition) is 5. The highest BCUT2D eigenvalue weighted by Gasteiger charge is 2.25. The van der Waals surface area contributed by atoms with Crippen LogP contribution in [0.5, 0.6) is 0 Å². The average molecular weight is 313 g/mol. The number of hydrogen-bond donors (Lipinski definition) is 4. The Labute approximate surface area is 119 Å². The molecule has 0 spiro atoms. The first-order chi connectivity index (χ1) is 9.64. The van der Waals surface area contributed by atoms with Gasteiger partial charge in [0.25, 0.3) is 0 Å². The van der Waals surface area contributed by atoms with Crippen molar-refractivity contribution in [3.63, 3.8) is 0 Å². The number of aliphatic hydroxyl groups is 1. The van der Waals surface area contributed by atoms with Gasteiger partial charge in [0.2, 0.25) is 10.0 Å². The molecule has 9 heteroatoms. The quantitative estimate of drug-likeness (QED) is 0.552. The van der Waals surface area contributed by atoms with Crippen LogP contribution in [0, 0.1) is 0 Å². The second kappa shape index (κ2) is 5.10. The third-order valence-corrected chi connectivity index (χ3v) is 4.51. The summed E-state index contributed by atoms with van der Waals surface area (Å²) in [6.45, 7) is 2.69. The number of aromatic nitrogens is 2. The summed E-state index contributed by atoms with van der Waals surface area (Å²) in [7, 11) is -3.87. The Bertz CT molecular complexity index is 895. The molecule has 4 N–H and O–H groups in total. The number of H-pyrrole nitrogens is 2. The molecule has 1 aromatic carbocycles. The molecule has 0 aliphatic heterocycles. The van der Waals surface area contributed by atoms with Crippen LogP contribution in [0.25, 0.3) is 11.0 Å². The predicted molar refractivity (Wildman–Crippen MR) is 76.7 cm³/mol. The minimum atomic E-state index is -3.87. The van der Waals surface area contributed by atoms with Crippen molar-refractivity contribution in [2.45, 2.75) is 24.3 Å². The van der Waals surface area contributed by atoms with Crippen LogP contribution in [0.3, 0.4) is 0 Å². The van der Waals surface area contributed by atoms with E-state index in [9.17, 15) is 18.0 Å². The summed E-state index contributed by atoms with van der Waals surface area (Å²) in [5.41, 5.74) is -2.17. The molecule has 114 valence electrons. The van der Waals surface area contributed by atoms with Crippen molar-refractivity contribution in [2.24, 2.45) is 0 Å². The zero-order chi connectivity index (χ0) is 15.8. The minimum Gasteiger partial charge on any atom is -0.394 e. The smallest absolute Gasteiger partial charge is 0.314 e. The molecule has 0 aliphatic rings. The summed E-state index contributed by atoms with van der Waals surface area (Å²) >= 11 is 0. The van der Waals surface area contributed by atoms with Crippen LogP contribution in [0.2, 0.25) is 0 Å². The van der Waals surface area contributed by atoms with E-state index in [0.29, 0.717) is 5.52 Å². The molecule has 0 fully saturated rings. The number of rotatable bonds is 4. The Kier molecular flexibility index (Phi) is 3.74. The van der Waals surface area contributed by atoms with Crippen molar-refractivity contribution < 1.29 is 13.5 Å². The summed E-state index contributed by atoms with van der Waals surface area (Å²) in [6, 6.07) is 3.92. The van der Waals surface area contributed by atoms with E-state index in [1.54, 1.807) is 0 Å². The van der Waals surface area contributed by atoms with Crippen LogP contribution >= 0.6 is 0 Å². The topological polar surface area (TPSA) is 132 Å². The lowest BCUT2D eigenvalue weighted by molar-refractivity contribution is 0.208. The second-order valence-corrected chi connectivity index (χ2v) is 6.95. The van der Waals surface area contributed by atoms with Crippen LogP contribution in [-0.2, 0) is 10.0 Å². The standard InChI is InChI=1S/C12H15N3O5S/c1-12(2,6-16)15-21(19,20)7-3-4-8-9(5-7)14-11(18)10(17)13-8/h3-5,15-16H,6H2,1-2H3,(H,13,17)(H,14,18). The van der Waals surface area contributed by atoms with E-state index >= 15 is 0 Å². The minimum absolute atomic E-state index is 0.0841.